The Kier molecular flexibility index (Phi) is 3.52. The fourth-order valence-corrected chi connectivity index (χ4v) is 0.984. The maximum Gasteiger partial charge on any atom is 0.208 e. The topological polar surface area (TPSA) is 45.4 Å². The highest BCUT2D eigenvalue weighted by molar-refractivity contribution is 5.79. The molecule has 0 atom stereocenters. The number of rotatable bonds is 2. The number of nitriles is 1. The summed E-state index contributed by atoms with van der Waals surface area (Å²) in [5, 5.41) is 8.33. The van der Waals surface area contributed by atoms with Crippen molar-refractivity contribution in [1.82, 2.24) is 0 Å². The highest BCUT2D eigenvalue weighted by Crippen LogP contribution is 2.01. The van der Waals surface area contributed by atoms with Crippen LogP contribution in [0.4, 0.5) is 0 Å². The molecule has 13 heavy (non-hydrogen) atoms. The molecule has 0 saturated carbocycles. The van der Waals surface area contributed by atoms with E-state index in [1.807, 2.05) is 30.3 Å². The molecule has 0 heterocycles. The second-order valence-electron chi connectivity index (χ2n) is 2.47. The van der Waals surface area contributed by atoms with E-state index in [0.29, 0.717) is 12.3 Å². The molecule has 0 aromatic heterocycles. The standard InChI is InChI=1S/C10H10N2O/c1-13-10(12-8-11)7-9-5-3-2-4-6-9/h2-6H,7H2,1H3. The fourth-order valence-electron chi connectivity index (χ4n) is 0.984. The van der Waals surface area contributed by atoms with Gasteiger partial charge in [0.1, 0.15) is 0 Å². The Hall–Kier alpha value is -1.82. The van der Waals surface area contributed by atoms with E-state index in [0.717, 1.165) is 5.56 Å². The van der Waals surface area contributed by atoms with E-state index in [-0.39, 0.29) is 0 Å². The van der Waals surface area contributed by atoms with E-state index in [1.165, 1.54) is 7.11 Å². The van der Waals surface area contributed by atoms with Crippen LogP contribution in [0.2, 0.25) is 0 Å². The first-order valence-corrected chi connectivity index (χ1v) is 3.90. The van der Waals surface area contributed by atoms with Crippen LogP contribution >= 0.6 is 0 Å². The lowest BCUT2D eigenvalue weighted by molar-refractivity contribution is 0.394. The summed E-state index contributed by atoms with van der Waals surface area (Å²) in [5.74, 6) is 0.439. The zero-order chi connectivity index (χ0) is 9.52. The Bertz CT molecular complexity index is 325. The first kappa shape index (κ1) is 9.27. The Morgan fingerprint density at radius 1 is 1.46 bits per heavy atom. The van der Waals surface area contributed by atoms with Crippen LogP contribution in [0.1, 0.15) is 5.56 Å². The number of hydrogen-bond acceptors (Lipinski definition) is 3. The quantitative estimate of drug-likeness (QED) is 0.389. The number of aliphatic imine (C=N–C) groups is 1. The van der Waals surface area contributed by atoms with Gasteiger partial charge >= 0.3 is 0 Å². The summed E-state index contributed by atoms with van der Waals surface area (Å²) >= 11 is 0. The summed E-state index contributed by atoms with van der Waals surface area (Å²) in [4.78, 5) is 3.54. The van der Waals surface area contributed by atoms with Gasteiger partial charge in [0.05, 0.1) is 7.11 Å². The average Bonchev–Trinajstić information content (AvgIpc) is 2.19. The van der Waals surface area contributed by atoms with Gasteiger partial charge in [0.25, 0.3) is 0 Å². The third-order valence-corrected chi connectivity index (χ3v) is 1.61. The van der Waals surface area contributed by atoms with E-state index in [2.05, 4.69) is 4.99 Å². The molecule has 66 valence electrons. The molecule has 0 radical (unpaired) electrons. The minimum absolute atomic E-state index is 0.439. The van der Waals surface area contributed by atoms with Crippen LogP contribution in [-0.4, -0.2) is 13.0 Å². The Labute approximate surface area is 77.3 Å². The summed E-state index contributed by atoms with van der Waals surface area (Å²) < 4.78 is 4.92. The highest BCUT2D eigenvalue weighted by Gasteiger charge is 1.99. The molecule has 0 aliphatic rings. The molecule has 0 amide bonds. The van der Waals surface area contributed by atoms with Gasteiger partial charge in [-0.15, -0.1) is 4.99 Å². The van der Waals surface area contributed by atoms with Gasteiger partial charge in [0.2, 0.25) is 12.1 Å². The summed E-state index contributed by atoms with van der Waals surface area (Å²) in [7, 11) is 1.51. The molecular weight excluding hydrogens is 164 g/mol. The molecule has 0 bridgehead atoms. The first-order valence-electron chi connectivity index (χ1n) is 3.90. The zero-order valence-corrected chi connectivity index (χ0v) is 7.40. The van der Waals surface area contributed by atoms with Crippen LogP contribution in [0, 0.1) is 11.5 Å². The van der Waals surface area contributed by atoms with Gasteiger partial charge in [-0.1, -0.05) is 30.3 Å². The van der Waals surface area contributed by atoms with Crippen molar-refractivity contribution in [3.8, 4) is 6.19 Å². The van der Waals surface area contributed by atoms with E-state index < -0.39 is 0 Å². The van der Waals surface area contributed by atoms with E-state index in [1.54, 1.807) is 6.19 Å². The van der Waals surface area contributed by atoms with Crippen molar-refractivity contribution in [1.29, 1.82) is 5.26 Å². The molecule has 1 aromatic carbocycles. The Morgan fingerprint density at radius 3 is 2.69 bits per heavy atom. The molecule has 3 heteroatoms. The second-order valence-corrected chi connectivity index (χ2v) is 2.47. The molecule has 0 aliphatic carbocycles. The minimum Gasteiger partial charge on any atom is -0.483 e. The predicted octanol–water partition coefficient (Wildman–Crippen LogP) is 1.76. The van der Waals surface area contributed by atoms with Gasteiger partial charge in [0, 0.05) is 6.42 Å². The van der Waals surface area contributed by atoms with E-state index >= 15 is 0 Å². The molecular formula is C10H10N2O. The summed E-state index contributed by atoms with van der Waals surface area (Å²) in [6, 6.07) is 9.75. The smallest absolute Gasteiger partial charge is 0.208 e. The molecule has 1 rings (SSSR count). The van der Waals surface area contributed by atoms with Crippen molar-refractivity contribution in [2.75, 3.05) is 7.11 Å². The Morgan fingerprint density at radius 2 is 2.15 bits per heavy atom. The van der Waals surface area contributed by atoms with Crippen molar-refractivity contribution in [3.05, 3.63) is 35.9 Å². The van der Waals surface area contributed by atoms with Gasteiger partial charge in [-0.05, 0) is 5.56 Å². The third kappa shape index (κ3) is 2.96. The SMILES string of the molecule is COC(Cc1ccccc1)=NC#N. The molecule has 1 aromatic rings. The predicted molar refractivity (Wildman–Crippen MR) is 50.2 cm³/mol. The molecule has 3 nitrogen and oxygen atoms in total. The maximum absolute atomic E-state index is 8.33. The normalized spacial score (nSPS) is 10.6. The van der Waals surface area contributed by atoms with E-state index in [9.17, 15) is 0 Å². The number of methoxy groups -OCH3 is 1. The van der Waals surface area contributed by atoms with Crippen molar-refractivity contribution in [2.24, 2.45) is 4.99 Å². The van der Waals surface area contributed by atoms with Crippen molar-refractivity contribution in [2.45, 2.75) is 6.42 Å². The van der Waals surface area contributed by atoms with Gasteiger partial charge in [0.15, 0.2) is 0 Å². The molecule has 0 fully saturated rings. The van der Waals surface area contributed by atoms with E-state index in [4.69, 9.17) is 10.00 Å². The van der Waals surface area contributed by atoms with Crippen LogP contribution in [0.15, 0.2) is 35.3 Å². The van der Waals surface area contributed by atoms with Crippen LogP contribution in [0.25, 0.3) is 0 Å². The number of benzene rings is 1. The molecule has 0 aliphatic heterocycles. The lowest BCUT2D eigenvalue weighted by Crippen LogP contribution is -2.04. The first-order chi connectivity index (χ1) is 6.36. The number of ether oxygens (including phenoxy) is 1. The van der Waals surface area contributed by atoms with Crippen molar-refractivity contribution >= 4 is 5.90 Å². The molecule has 0 saturated heterocycles. The monoisotopic (exact) mass is 174 g/mol. The number of hydrogen-bond donors (Lipinski definition) is 0. The molecule has 0 N–H and O–H groups in total. The third-order valence-electron chi connectivity index (χ3n) is 1.61. The second kappa shape index (κ2) is 4.94. The maximum atomic E-state index is 8.33. The fraction of sp³-hybridized carbons (Fsp3) is 0.200. The van der Waals surface area contributed by atoms with Gasteiger partial charge in [-0.3, -0.25) is 0 Å². The summed E-state index contributed by atoms with van der Waals surface area (Å²) in [5.41, 5.74) is 1.08. The summed E-state index contributed by atoms with van der Waals surface area (Å²) in [6.45, 7) is 0. The lowest BCUT2D eigenvalue weighted by atomic mass is 10.1. The van der Waals surface area contributed by atoms with Gasteiger partial charge in [-0.25, -0.2) is 0 Å². The molecule has 0 unspecified atom stereocenters. The summed E-state index contributed by atoms with van der Waals surface area (Å²) in [6.07, 6.45) is 2.26. The highest BCUT2D eigenvalue weighted by atomic mass is 16.5. The van der Waals surface area contributed by atoms with Crippen molar-refractivity contribution in [3.63, 3.8) is 0 Å². The number of nitrogens with zero attached hydrogens (tertiary/aromatic N) is 2. The molecule has 0 spiro atoms. The Balaban J connectivity index is 2.69. The van der Waals surface area contributed by atoms with Gasteiger partial charge < -0.3 is 4.74 Å². The van der Waals surface area contributed by atoms with Gasteiger partial charge in [-0.2, -0.15) is 5.26 Å². The average molecular weight is 174 g/mol. The van der Waals surface area contributed by atoms with Crippen LogP contribution in [0.5, 0.6) is 0 Å². The lowest BCUT2D eigenvalue weighted by Gasteiger charge is -2.01. The van der Waals surface area contributed by atoms with Crippen LogP contribution in [0.3, 0.4) is 0 Å². The minimum atomic E-state index is 0.439. The zero-order valence-electron chi connectivity index (χ0n) is 7.40. The van der Waals surface area contributed by atoms with Crippen LogP contribution < -0.4 is 0 Å². The van der Waals surface area contributed by atoms with Crippen molar-refractivity contribution < 1.29 is 4.74 Å². The van der Waals surface area contributed by atoms with Crippen LogP contribution in [-0.2, 0) is 11.2 Å². The largest absolute Gasteiger partial charge is 0.483 e.